The second-order valence-electron chi connectivity index (χ2n) is 4.38. The second-order valence-corrected chi connectivity index (χ2v) is 4.38. The summed E-state index contributed by atoms with van der Waals surface area (Å²) in [5.74, 6) is 0.786. The molecule has 2 N–H and O–H groups in total. The maximum absolute atomic E-state index is 6.01. The largest absolute Gasteiger partial charge is 0.484 e. The van der Waals surface area contributed by atoms with E-state index >= 15 is 0 Å². The fourth-order valence-electron chi connectivity index (χ4n) is 2.38. The highest BCUT2D eigenvalue weighted by atomic mass is 16.5. The van der Waals surface area contributed by atoms with Crippen LogP contribution in [0.15, 0.2) is 48.5 Å². The first-order chi connectivity index (χ1) is 8.34. The minimum atomic E-state index is 0.149. The Morgan fingerprint density at radius 3 is 2.65 bits per heavy atom. The zero-order valence-corrected chi connectivity index (χ0v) is 9.60. The van der Waals surface area contributed by atoms with Crippen molar-refractivity contribution in [1.82, 2.24) is 0 Å². The van der Waals surface area contributed by atoms with Crippen LogP contribution in [-0.4, -0.2) is 0 Å². The van der Waals surface area contributed by atoms with Gasteiger partial charge in [-0.3, -0.25) is 0 Å². The molecule has 0 aliphatic heterocycles. The summed E-state index contributed by atoms with van der Waals surface area (Å²) in [7, 11) is 0. The van der Waals surface area contributed by atoms with Crippen molar-refractivity contribution >= 4 is 5.69 Å². The van der Waals surface area contributed by atoms with Gasteiger partial charge in [-0.05, 0) is 36.1 Å². The molecule has 2 aromatic rings. The quantitative estimate of drug-likeness (QED) is 0.795. The highest BCUT2D eigenvalue weighted by Gasteiger charge is 2.23. The third-order valence-electron chi connectivity index (χ3n) is 3.27. The summed E-state index contributed by atoms with van der Waals surface area (Å²) in [5, 5.41) is 0. The molecule has 1 atom stereocenters. The lowest BCUT2D eigenvalue weighted by molar-refractivity contribution is 0.209. The lowest BCUT2D eigenvalue weighted by Gasteiger charge is -2.16. The summed E-state index contributed by atoms with van der Waals surface area (Å²) >= 11 is 0. The average Bonchev–Trinajstić information content (AvgIpc) is 2.76. The summed E-state index contributed by atoms with van der Waals surface area (Å²) in [6.45, 7) is 0. The molecule has 0 fully saturated rings. The van der Waals surface area contributed by atoms with Crippen LogP contribution in [0.2, 0.25) is 0 Å². The minimum absolute atomic E-state index is 0.149. The van der Waals surface area contributed by atoms with Gasteiger partial charge in [0.15, 0.2) is 0 Å². The normalized spacial score (nSPS) is 17.8. The highest BCUT2D eigenvalue weighted by Crippen LogP contribution is 2.36. The van der Waals surface area contributed by atoms with Gasteiger partial charge in [0.1, 0.15) is 11.9 Å². The van der Waals surface area contributed by atoms with Gasteiger partial charge in [0.05, 0.1) is 5.69 Å². The number of hydrogen-bond acceptors (Lipinski definition) is 2. The van der Waals surface area contributed by atoms with E-state index in [0.717, 1.165) is 18.6 Å². The number of hydrogen-bond donors (Lipinski definition) is 1. The summed E-state index contributed by atoms with van der Waals surface area (Å²) in [5.41, 5.74) is 9.30. The third kappa shape index (κ3) is 1.86. The number of fused-ring (bicyclic) bond motifs is 1. The summed E-state index contributed by atoms with van der Waals surface area (Å²) in [6.07, 6.45) is 2.28. The average molecular weight is 225 g/mol. The molecule has 1 aliphatic rings. The fourth-order valence-corrected chi connectivity index (χ4v) is 2.38. The van der Waals surface area contributed by atoms with Crippen LogP contribution in [0.25, 0.3) is 0 Å². The van der Waals surface area contributed by atoms with Crippen molar-refractivity contribution in [1.29, 1.82) is 0 Å². The Morgan fingerprint density at radius 1 is 1.00 bits per heavy atom. The second kappa shape index (κ2) is 4.13. The Balaban J connectivity index is 1.87. The van der Waals surface area contributed by atoms with Crippen molar-refractivity contribution < 1.29 is 4.74 Å². The van der Waals surface area contributed by atoms with Gasteiger partial charge < -0.3 is 10.5 Å². The Kier molecular flexibility index (Phi) is 2.48. The van der Waals surface area contributed by atoms with E-state index in [-0.39, 0.29) is 6.10 Å². The van der Waals surface area contributed by atoms with Crippen LogP contribution >= 0.6 is 0 Å². The zero-order valence-electron chi connectivity index (χ0n) is 9.60. The molecule has 0 amide bonds. The van der Waals surface area contributed by atoms with Gasteiger partial charge in [-0.2, -0.15) is 0 Å². The van der Waals surface area contributed by atoms with Crippen molar-refractivity contribution in [3.8, 4) is 5.75 Å². The highest BCUT2D eigenvalue weighted by molar-refractivity contribution is 5.52. The Morgan fingerprint density at radius 2 is 1.76 bits per heavy atom. The van der Waals surface area contributed by atoms with Crippen LogP contribution < -0.4 is 10.5 Å². The Hall–Kier alpha value is -1.96. The van der Waals surface area contributed by atoms with E-state index in [1.54, 1.807) is 0 Å². The van der Waals surface area contributed by atoms with Gasteiger partial charge in [0.2, 0.25) is 0 Å². The van der Waals surface area contributed by atoms with Crippen LogP contribution in [0.3, 0.4) is 0 Å². The van der Waals surface area contributed by atoms with E-state index in [2.05, 4.69) is 24.3 Å². The van der Waals surface area contributed by atoms with E-state index in [0.29, 0.717) is 5.69 Å². The van der Waals surface area contributed by atoms with Gasteiger partial charge in [-0.25, -0.2) is 0 Å². The molecule has 3 rings (SSSR count). The standard InChI is InChI=1S/C15H15NO/c16-13-7-3-4-8-15(13)17-14-10-9-11-5-1-2-6-12(11)14/h1-8,14H,9-10,16H2. The van der Waals surface area contributed by atoms with Crippen molar-refractivity contribution in [2.75, 3.05) is 5.73 Å². The van der Waals surface area contributed by atoms with Crippen LogP contribution in [0, 0.1) is 0 Å². The molecule has 0 heterocycles. The molecule has 2 aromatic carbocycles. The molecule has 1 aliphatic carbocycles. The number of benzene rings is 2. The van der Waals surface area contributed by atoms with Gasteiger partial charge >= 0.3 is 0 Å². The number of anilines is 1. The number of rotatable bonds is 2. The molecular weight excluding hydrogens is 210 g/mol. The van der Waals surface area contributed by atoms with Crippen LogP contribution in [0.4, 0.5) is 5.69 Å². The smallest absolute Gasteiger partial charge is 0.143 e. The summed E-state index contributed by atoms with van der Waals surface area (Å²) < 4.78 is 6.01. The lowest BCUT2D eigenvalue weighted by Crippen LogP contribution is -2.05. The number of nitrogens with two attached hydrogens (primary N) is 1. The van der Waals surface area contributed by atoms with Gasteiger partial charge in [-0.1, -0.05) is 36.4 Å². The van der Waals surface area contributed by atoms with Crippen LogP contribution in [0.5, 0.6) is 5.75 Å². The van der Waals surface area contributed by atoms with Gasteiger partial charge in [0.25, 0.3) is 0 Å². The molecule has 0 aromatic heterocycles. The molecule has 0 bridgehead atoms. The topological polar surface area (TPSA) is 35.2 Å². The van der Waals surface area contributed by atoms with Crippen LogP contribution in [0.1, 0.15) is 23.7 Å². The van der Waals surface area contributed by atoms with E-state index in [1.165, 1.54) is 11.1 Å². The lowest BCUT2D eigenvalue weighted by atomic mass is 10.1. The molecular formula is C15H15NO. The molecule has 0 saturated carbocycles. The SMILES string of the molecule is Nc1ccccc1OC1CCc2ccccc21. The van der Waals surface area contributed by atoms with Gasteiger partial charge in [0, 0.05) is 0 Å². The monoisotopic (exact) mass is 225 g/mol. The fraction of sp³-hybridized carbons (Fsp3) is 0.200. The third-order valence-corrected chi connectivity index (χ3v) is 3.27. The summed E-state index contributed by atoms with van der Waals surface area (Å²) in [6, 6.07) is 16.1. The molecule has 0 radical (unpaired) electrons. The number of nitrogen functional groups attached to an aromatic ring is 1. The maximum Gasteiger partial charge on any atom is 0.143 e. The summed E-state index contributed by atoms with van der Waals surface area (Å²) in [4.78, 5) is 0. The van der Waals surface area contributed by atoms with E-state index < -0.39 is 0 Å². The van der Waals surface area contributed by atoms with E-state index in [9.17, 15) is 0 Å². The Bertz CT molecular complexity index is 536. The number of aryl methyl sites for hydroxylation is 1. The minimum Gasteiger partial charge on any atom is -0.484 e. The van der Waals surface area contributed by atoms with Crippen molar-refractivity contribution in [2.45, 2.75) is 18.9 Å². The molecule has 2 nitrogen and oxygen atoms in total. The molecule has 17 heavy (non-hydrogen) atoms. The molecule has 0 spiro atoms. The number of para-hydroxylation sites is 2. The van der Waals surface area contributed by atoms with Crippen molar-refractivity contribution in [3.63, 3.8) is 0 Å². The first kappa shape index (κ1) is 10.2. The van der Waals surface area contributed by atoms with Crippen molar-refractivity contribution in [3.05, 3.63) is 59.7 Å². The maximum atomic E-state index is 6.01. The predicted molar refractivity (Wildman–Crippen MR) is 69.0 cm³/mol. The first-order valence-corrected chi connectivity index (χ1v) is 5.93. The van der Waals surface area contributed by atoms with Crippen molar-refractivity contribution in [2.24, 2.45) is 0 Å². The molecule has 2 heteroatoms. The Labute approximate surface area is 101 Å². The predicted octanol–water partition coefficient (Wildman–Crippen LogP) is 3.34. The van der Waals surface area contributed by atoms with E-state index in [4.69, 9.17) is 10.5 Å². The van der Waals surface area contributed by atoms with E-state index in [1.807, 2.05) is 24.3 Å². The molecule has 0 saturated heterocycles. The molecule has 1 unspecified atom stereocenters. The molecule has 86 valence electrons. The number of ether oxygens (including phenoxy) is 1. The zero-order chi connectivity index (χ0) is 11.7. The van der Waals surface area contributed by atoms with Gasteiger partial charge in [-0.15, -0.1) is 0 Å². The first-order valence-electron chi connectivity index (χ1n) is 5.93. The van der Waals surface area contributed by atoms with Crippen LogP contribution in [-0.2, 0) is 6.42 Å².